The van der Waals surface area contributed by atoms with Crippen LogP contribution >= 0.6 is 12.2 Å². The molecule has 0 bridgehead atoms. The maximum Gasteiger partial charge on any atom is 0.124 e. The molecule has 6 heteroatoms. The van der Waals surface area contributed by atoms with Crippen molar-refractivity contribution in [3.05, 3.63) is 53.9 Å². The van der Waals surface area contributed by atoms with Gasteiger partial charge in [-0.1, -0.05) is 26.0 Å². The quantitative estimate of drug-likeness (QED) is 0.345. The average molecular weight is 409 g/mol. The fourth-order valence-electron chi connectivity index (χ4n) is 3.68. The van der Waals surface area contributed by atoms with Crippen molar-refractivity contribution in [2.75, 3.05) is 19.7 Å². The lowest BCUT2D eigenvalue weighted by atomic mass is 10.0. The number of nitrogens with one attached hydrogen (secondary N) is 1. The molecular weight excluding hydrogens is 380 g/mol. The van der Waals surface area contributed by atoms with Gasteiger partial charge in [-0.2, -0.15) is 4.99 Å². The number of imidazole rings is 1. The minimum atomic E-state index is 0.224. The molecule has 152 valence electrons. The summed E-state index contributed by atoms with van der Waals surface area (Å²) in [6.45, 7) is 9.03. The topological polar surface area (TPSA) is 53.5 Å². The van der Waals surface area contributed by atoms with Gasteiger partial charge in [0.05, 0.1) is 34.5 Å². The highest BCUT2D eigenvalue weighted by Crippen LogP contribution is 2.28. The highest BCUT2D eigenvalue weighted by atomic mass is 32.1. The third-order valence-corrected chi connectivity index (χ3v) is 5.26. The molecule has 0 spiro atoms. The van der Waals surface area contributed by atoms with E-state index in [2.05, 4.69) is 46.0 Å². The van der Waals surface area contributed by atoms with Gasteiger partial charge in [0.25, 0.3) is 0 Å². The maximum absolute atomic E-state index is 5.55. The zero-order chi connectivity index (χ0) is 20.6. The minimum absolute atomic E-state index is 0.224. The number of ether oxygens (including phenoxy) is 1. The van der Waals surface area contributed by atoms with Crippen LogP contribution in [0, 0.1) is 0 Å². The number of aromatic nitrogens is 2. The molecule has 1 atom stereocenters. The molecule has 1 aromatic heterocycles. The molecule has 0 saturated carbocycles. The summed E-state index contributed by atoms with van der Waals surface area (Å²) in [5.41, 5.74) is 4.02. The van der Waals surface area contributed by atoms with Gasteiger partial charge in [-0.25, -0.2) is 4.98 Å². The Morgan fingerprint density at radius 1 is 1.14 bits per heavy atom. The largest absolute Gasteiger partial charge is 0.494 e. The molecule has 3 rings (SSSR count). The van der Waals surface area contributed by atoms with Crippen LogP contribution in [0.15, 0.2) is 47.5 Å². The standard InChI is InChI=1S/C23H28N4OS/c1-4-27(5-2)22(14-9-17-7-11-19(12-8-17)28-6-3)23-25-20-13-10-18(24-16-29)15-21(20)26-23/h7-8,10-13,15,22H,4-6,9,14H2,1-3H3,(H,25,26). The van der Waals surface area contributed by atoms with Gasteiger partial charge >= 0.3 is 0 Å². The summed E-state index contributed by atoms with van der Waals surface area (Å²) in [6, 6.07) is 14.5. The van der Waals surface area contributed by atoms with E-state index in [1.807, 2.05) is 37.3 Å². The lowest BCUT2D eigenvalue weighted by Gasteiger charge is -2.28. The molecule has 29 heavy (non-hydrogen) atoms. The molecule has 1 N–H and O–H groups in total. The fourth-order valence-corrected chi connectivity index (χ4v) is 3.78. The number of fused-ring (bicyclic) bond motifs is 1. The molecule has 1 heterocycles. The third kappa shape index (κ3) is 5.30. The molecular formula is C23H28N4OS. The van der Waals surface area contributed by atoms with Crippen LogP contribution < -0.4 is 4.74 Å². The summed E-state index contributed by atoms with van der Waals surface area (Å²) in [6.07, 6.45) is 1.96. The van der Waals surface area contributed by atoms with Crippen LogP contribution in [0.2, 0.25) is 0 Å². The van der Waals surface area contributed by atoms with Crippen molar-refractivity contribution in [1.29, 1.82) is 0 Å². The van der Waals surface area contributed by atoms with Crippen molar-refractivity contribution in [2.24, 2.45) is 4.99 Å². The molecule has 0 fully saturated rings. The van der Waals surface area contributed by atoms with Crippen LogP contribution in [-0.2, 0) is 6.42 Å². The Morgan fingerprint density at radius 3 is 2.55 bits per heavy atom. The number of thiocarbonyl (C=S) groups is 1. The molecule has 3 aromatic rings. The first-order valence-corrected chi connectivity index (χ1v) is 10.6. The van der Waals surface area contributed by atoms with Crippen LogP contribution in [0.25, 0.3) is 11.0 Å². The van der Waals surface area contributed by atoms with Crippen molar-refractivity contribution < 1.29 is 4.74 Å². The zero-order valence-electron chi connectivity index (χ0n) is 17.3. The van der Waals surface area contributed by atoms with E-state index in [1.165, 1.54) is 5.56 Å². The number of hydrogen-bond donors (Lipinski definition) is 1. The summed E-state index contributed by atoms with van der Waals surface area (Å²) in [7, 11) is 0. The minimum Gasteiger partial charge on any atom is -0.494 e. The molecule has 0 radical (unpaired) electrons. The highest BCUT2D eigenvalue weighted by molar-refractivity contribution is 7.78. The second-order valence-electron chi connectivity index (χ2n) is 6.88. The van der Waals surface area contributed by atoms with Crippen molar-refractivity contribution >= 4 is 34.1 Å². The number of aromatic amines is 1. The van der Waals surface area contributed by atoms with Crippen LogP contribution in [0.1, 0.15) is 44.6 Å². The van der Waals surface area contributed by atoms with Gasteiger partial charge < -0.3 is 9.72 Å². The number of benzene rings is 2. The lowest BCUT2D eigenvalue weighted by Crippen LogP contribution is -2.29. The van der Waals surface area contributed by atoms with E-state index < -0.39 is 0 Å². The number of H-pyrrole nitrogens is 1. The molecule has 0 aliphatic heterocycles. The maximum atomic E-state index is 5.55. The smallest absolute Gasteiger partial charge is 0.124 e. The molecule has 0 aliphatic carbocycles. The van der Waals surface area contributed by atoms with E-state index in [1.54, 1.807) is 0 Å². The summed E-state index contributed by atoms with van der Waals surface area (Å²) in [5, 5.41) is 2.42. The van der Waals surface area contributed by atoms with Crippen molar-refractivity contribution in [3.63, 3.8) is 0 Å². The SMILES string of the molecule is CCOc1ccc(CCC(c2nc3ccc(N=C=S)cc3[nH]2)N(CC)CC)cc1. The Kier molecular flexibility index (Phi) is 7.53. The van der Waals surface area contributed by atoms with E-state index in [0.29, 0.717) is 6.61 Å². The average Bonchev–Trinajstić information content (AvgIpc) is 3.15. The van der Waals surface area contributed by atoms with Crippen LogP contribution in [0.5, 0.6) is 5.75 Å². The lowest BCUT2D eigenvalue weighted by molar-refractivity contribution is 0.201. The Bertz CT molecular complexity index is 972. The van der Waals surface area contributed by atoms with Gasteiger partial charge in [-0.15, -0.1) is 0 Å². The molecule has 0 aliphatic rings. The Balaban J connectivity index is 1.83. The molecule has 1 unspecified atom stereocenters. The van der Waals surface area contributed by atoms with Gasteiger partial charge in [0, 0.05) is 0 Å². The van der Waals surface area contributed by atoms with Crippen LogP contribution in [-0.4, -0.2) is 39.7 Å². The number of nitrogens with zero attached hydrogens (tertiary/aromatic N) is 3. The van der Waals surface area contributed by atoms with Crippen molar-refractivity contribution in [2.45, 2.75) is 39.7 Å². The van der Waals surface area contributed by atoms with Gasteiger partial charge in [0.2, 0.25) is 0 Å². The Hall–Kier alpha value is -2.53. The first-order valence-electron chi connectivity index (χ1n) is 10.2. The van der Waals surface area contributed by atoms with Crippen LogP contribution in [0.4, 0.5) is 5.69 Å². The monoisotopic (exact) mass is 408 g/mol. The van der Waals surface area contributed by atoms with Crippen LogP contribution in [0.3, 0.4) is 0 Å². The number of isothiocyanates is 1. The number of aryl methyl sites for hydroxylation is 1. The van der Waals surface area contributed by atoms with Gasteiger partial charge in [-0.05, 0) is 81.0 Å². The molecule has 0 saturated heterocycles. The normalized spacial score (nSPS) is 12.1. The van der Waals surface area contributed by atoms with E-state index in [9.17, 15) is 0 Å². The molecule has 2 aromatic carbocycles. The van der Waals surface area contributed by atoms with E-state index in [0.717, 1.165) is 54.2 Å². The third-order valence-electron chi connectivity index (χ3n) is 5.17. The van der Waals surface area contributed by atoms with E-state index >= 15 is 0 Å². The molecule has 5 nitrogen and oxygen atoms in total. The second kappa shape index (κ2) is 10.3. The van der Waals surface area contributed by atoms with E-state index in [-0.39, 0.29) is 6.04 Å². The number of aliphatic imine (C=N–C) groups is 1. The summed E-state index contributed by atoms with van der Waals surface area (Å²) in [4.78, 5) is 14.9. The first kappa shape index (κ1) is 21.2. The Labute approximate surface area is 177 Å². The first-order chi connectivity index (χ1) is 14.2. The number of rotatable bonds is 10. The second-order valence-corrected chi connectivity index (χ2v) is 7.06. The zero-order valence-corrected chi connectivity index (χ0v) is 18.1. The fraction of sp³-hybridized carbons (Fsp3) is 0.391. The number of hydrogen-bond acceptors (Lipinski definition) is 5. The Morgan fingerprint density at radius 2 is 1.90 bits per heavy atom. The van der Waals surface area contributed by atoms with Crippen molar-refractivity contribution in [3.8, 4) is 5.75 Å². The summed E-state index contributed by atoms with van der Waals surface area (Å²) < 4.78 is 5.55. The van der Waals surface area contributed by atoms with Gasteiger partial charge in [-0.3, -0.25) is 4.90 Å². The van der Waals surface area contributed by atoms with Crippen molar-refractivity contribution in [1.82, 2.24) is 14.9 Å². The highest BCUT2D eigenvalue weighted by Gasteiger charge is 2.21. The predicted molar refractivity (Wildman–Crippen MR) is 122 cm³/mol. The summed E-state index contributed by atoms with van der Waals surface area (Å²) >= 11 is 4.72. The predicted octanol–water partition coefficient (Wildman–Crippen LogP) is 5.71. The van der Waals surface area contributed by atoms with Gasteiger partial charge in [0.1, 0.15) is 11.6 Å². The van der Waals surface area contributed by atoms with Gasteiger partial charge in [0.15, 0.2) is 0 Å². The summed E-state index contributed by atoms with van der Waals surface area (Å²) in [5.74, 6) is 1.92. The molecule has 0 amide bonds. The van der Waals surface area contributed by atoms with E-state index in [4.69, 9.17) is 21.9 Å².